The number of nitrogens with one attached hydrogen (secondary N) is 1. The van der Waals surface area contributed by atoms with Crippen molar-refractivity contribution in [3.63, 3.8) is 0 Å². The van der Waals surface area contributed by atoms with Crippen molar-refractivity contribution in [3.8, 4) is 0 Å². The van der Waals surface area contributed by atoms with E-state index >= 15 is 0 Å². The second-order valence-electron chi connectivity index (χ2n) is 7.07. The molecular formula is C18H24N2O4S. The Bertz CT molecular complexity index is 803. The largest absolute Gasteiger partial charge is 0.355 e. The summed E-state index contributed by atoms with van der Waals surface area (Å²) in [6.07, 6.45) is 3.93. The molecule has 3 rings (SSSR count). The summed E-state index contributed by atoms with van der Waals surface area (Å²) in [6.45, 7) is 3.01. The summed E-state index contributed by atoms with van der Waals surface area (Å²) < 4.78 is 23.4. The fourth-order valence-electron chi connectivity index (χ4n) is 3.31. The Hall–Kier alpha value is -1.89. The minimum Gasteiger partial charge on any atom is -0.355 e. The lowest BCUT2D eigenvalue weighted by molar-refractivity contribution is -0.122. The number of fused-ring (bicyclic) bond motifs is 1. The zero-order valence-electron chi connectivity index (χ0n) is 14.6. The lowest BCUT2D eigenvalue weighted by Gasteiger charge is -2.30. The van der Waals surface area contributed by atoms with Crippen LogP contribution in [0.4, 0.5) is 5.69 Å². The zero-order valence-corrected chi connectivity index (χ0v) is 15.4. The molecule has 1 N–H and O–H groups in total. The Morgan fingerprint density at radius 2 is 2.04 bits per heavy atom. The van der Waals surface area contributed by atoms with Crippen LogP contribution in [0.1, 0.15) is 31.7 Å². The van der Waals surface area contributed by atoms with Crippen molar-refractivity contribution in [2.75, 3.05) is 24.2 Å². The van der Waals surface area contributed by atoms with Crippen molar-refractivity contribution in [2.45, 2.75) is 37.5 Å². The predicted molar refractivity (Wildman–Crippen MR) is 95.1 cm³/mol. The van der Waals surface area contributed by atoms with Crippen LogP contribution in [0, 0.1) is 11.8 Å². The van der Waals surface area contributed by atoms with E-state index in [1.165, 1.54) is 6.26 Å². The minimum atomic E-state index is -3.26. The molecule has 0 radical (unpaired) electrons. The first-order valence-corrected chi connectivity index (χ1v) is 10.6. The third-order valence-electron chi connectivity index (χ3n) is 4.98. The van der Waals surface area contributed by atoms with Crippen LogP contribution in [0.25, 0.3) is 0 Å². The van der Waals surface area contributed by atoms with Crippen LogP contribution in [-0.2, 0) is 25.8 Å². The fourth-order valence-corrected chi connectivity index (χ4v) is 3.98. The van der Waals surface area contributed by atoms with Crippen molar-refractivity contribution in [1.82, 2.24) is 5.32 Å². The lowest BCUT2D eigenvalue weighted by atomic mass is 10.0. The second kappa shape index (κ2) is 6.78. The summed E-state index contributed by atoms with van der Waals surface area (Å²) >= 11 is 0. The number of carbonyl (C=O) groups excluding carboxylic acids is 2. The third kappa shape index (κ3) is 4.03. The normalized spacial score (nSPS) is 22.2. The van der Waals surface area contributed by atoms with E-state index in [2.05, 4.69) is 5.32 Å². The summed E-state index contributed by atoms with van der Waals surface area (Å²) in [7, 11) is -3.26. The number of nitrogens with zero attached hydrogens (tertiary/aromatic N) is 1. The van der Waals surface area contributed by atoms with E-state index < -0.39 is 9.84 Å². The predicted octanol–water partition coefficient (Wildman–Crippen LogP) is 1.53. The van der Waals surface area contributed by atoms with Crippen LogP contribution in [-0.4, -0.2) is 39.6 Å². The van der Waals surface area contributed by atoms with E-state index in [4.69, 9.17) is 0 Å². The van der Waals surface area contributed by atoms with Crippen LogP contribution in [0.15, 0.2) is 23.1 Å². The van der Waals surface area contributed by atoms with Gasteiger partial charge in [-0.3, -0.25) is 9.59 Å². The summed E-state index contributed by atoms with van der Waals surface area (Å²) in [4.78, 5) is 26.3. The molecule has 136 valence electrons. The number of amides is 2. The Balaban J connectivity index is 1.63. The zero-order chi connectivity index (χ0) is 18.2. The van der Waals surface area contributed by atoms with Crippen LogP contribution in [0.3, 0.4) is 0 Å². The van der Waals surface area contributed by atoms with Gasteiger partial charge in [-0.15, -0.1) is 0 Å². The Morgan fingerprint density at radius 1 is 1.32 bits per heavy atom. The smallest absolute Gasteiger partial charge is 0.228 e. The summed E-state index contributed by atoms with van der Waals surface area (Å²) in [5, 5.41) is 2.83. The molecule has 0 saturated heterocycles. The molecule has 1 fully saturated rings. The number of sulfone groups is 1. The maximum Gasteiger partial charge on any atom is 0.228 e. The van der Waals surface area contributed by atoms with Gasteiger partial charge < -0.3 is 10.2 Å². The maximum atomic E-state index is 12.5. The van der Waals surface area contributed by atoms with Gasteiger partial charge in [-0.2, -0.15) is 0 Å². The van der Waals surface area contributed by atoms with Gasteiger partial charge in [0.2, 0.25) is 11.8 Å². The van der Waals surface area contributed by atoms with Crippen LogP contribution in [0.5, 0.6) is 0 Å². The third-order valence-corrected chi connectivity index (χ3v) is 6.09. The first-order valence-electron chi connectivity index (χ1n) is 8.68. The minimum absolute atomic E-state index is 0.0390. The Labute approximate surface area is 148 Å². The highest BCUT2D eigenvalue weighted by Crippen LogP contribution is 2.37. The molecule has 2 aliphatic rings. The van der Waals surface area contributed by atoms with Gasteiger partial charge >= 0.3 is 0 Å². The van der Waals surface area contributed by atoms with Crippen LogP contribution >= 0.6 is 0 Å². The monoisotopic (exact) mass is 364 g/mol. The number of hydrogen-bond donors (Lipinski definition) is 1. The molecule has 1 heterocycles. The Morgan fingerprint density at radius 3 is 2.68 bits per heavy atom. The fraction of sp³-hybridized carbons (Fsp3) is 0.556. The highest BCUT2D eigenvalue weighted by molar-refractivity contribution is 7.90. The van der Waals surface area contributed by atoms with Crippen molar-refractivity contribution in [3.05, 3.63) is 23.8 Å². The Kier molecular flexibility index (Phi) is 4.86. The first-order chi connectivity index (χ1) is 11.8. The number of benzene rings is 1. The number of rotatable bonds is 5. The molecule has 6 nitrogen and oxygen atoms in total. The number of anilines is 1. The van der Waals surface area contributed by atoms with Crippen molar-refractivity contribution in [1.29, 1.82) is 0 Å². The first kappa shape index (κ1) is 17.9. The van der Waals surface area contributed by atoms with E-state index in [1.54, 1.807) is 23.1 Å². The van der Waals surface area contributed by atoms with Gasteiger partial charge in [0.1, 0.15) is 0 Å². The van der Waals surface area contributed by atoms with Crippen LogP contribution < -0.4 is 10.2 Å². The average molecular weight is 364 g/mol. The second-order valence-corrected chi connectivity index (χ2v) is 9.09. The van der Waals surface area contributed by atoms with E-state index in [1.807, 2.05) is 6.92 Å². The highest BCUT2D eigenvalue weighted by Gasteiger charge is 2.38. The summed E-state index contributed by atoms with van der Waals surface area (Å²) in [5.41, 5.74) is 1.67. The molecule has 0 spiro atoms. The quantitative estimate of drug-likeness (QED) is 0.859. The van der Waals surface area contributed by atoms with E-state index in [-0.39, 0.29) is 29.0 Å². The van der Waals surface area contributed by atoms with E-state index in [0.29, 0.717) is 19.0 Å². The van der Waals surface area contributed by atoms with Gasteiger partial charge in [-0.05, 0) is 48.9 Å². The number of hydrogen-bond acceptors (Lipinski definition) is 4. The average Bonchev–Trinajstić information content (AvgIpc) is 3.29. The number of aryl methyl sites for hydroxylation is 1. The topological polar surface area (TPSA) is 83.6 Å². The molecule has 0 aromatic heterocycles. The van der Waals surface area contributed by atoms with Gasteiger partial charge in [0.15, 0.2) is 9.84 Å². The molecule has 1 aromatic carbocycles. The molecule has 0 unspecified atom stereocenters. The molecule has 0 bridgehead atoms. The molecule has 2 atom stereocenters. The van der Waals surface area contributed by atoms with E-state index in [0.717, 1.165) is 30.5 Å². The molecule has 7 heteroatoms. The summed E-state index contributed by atoms with van der Waals surface area (Å²) in [5.74, 6) is 0.559. The van der Waals surface area contributed by atoms with Crippen molar-refractivity contribution >= 4 is 27.3 Å². The maximum absolute atomic E-state index is 12.5. The van der Waals surface area contributed by atoms with Gasteiger partial charge in [-0.25, -0.2) is 8.42 Å². The molecule has 1 aliphatic heterocycles. The standard InChI is InChI=1S/C18H24N2O4S/c1-12-10-15(12)18(22)19-8-7-17(21)20-9-3-4-13-11-14(25(2,23)24)5-6-16(13)20/h5-6,11-12,15H,3-4,7-10H2,1-2H3,(H,19,22)/t12-,15-/m0/s1. The molecule has 1 aromatic rings. The van der Waals surface area contributed by atoms with Crippen LogP contribution in [0.2, 0.25) is 0 Å². The SMILES string of the molecule is C[C@H]1C[C@@H]1C(=O)NCCC(=O)N1CCCc2cc(S(C)(=O)=O)ccc21. The molecule has 1 aliphatic carbocycles. The molecule has 2 amide bonds. The van der Waals surface area contributed by atoms with Gasteiger partial charge in [-0.1, -0.05) is 6.92 Å². The van der Waals surface area contributed by atoms with Gasteiger partial charge in [0, 0.05) is 37.4 Å². The van der Waals surface area contributed by atoms with Crippen molar-refractivity contribution in [2.24, 2.45) is 11.8 Å². The lowest BCUT2D eigenvalue weighted by Crippen LogP contribution is -2.38. The van der Waals surface area contributed by atoms with Gasteiger partial charge in [0.25, 0.3) is 0 Å². The van der Waals surface area contributed by atoms with Gasteiger partial charge in [0.05, 0.1) is 4.90 Å². The highest BCUT2D eigenvalue weighted by atomic mass is 32.2. The number of carbonyl (C=O) groups is 2. The van der Waals surface area contributed by atoms with Crippen molar-refractivity contribution < 1.29 is 18.0 Å². The summed E-state index contributed by atoms with van der Waals surface area (Å²) in [6, 6.07) is 4.93. The molecule has 25 heavy (non-hydrogen) atoms. The van der Waals surface area contributed by atoms with E-state index in [9.17, 15) is 18.0 Å². The molecular weight excluding hydrogens is 340 g/mol. The molecule has 1 saturated carbocycles.